The molecule has 2 N–H and O–H groups in total. The molecule has 1 heterocycles. The van der Waals surface area contributed by atoms with Crippen molar-refractivity contribution in [3.8, 4) is 6.07 Å². The molecule has 4 nitrogen and oxygen atoms in total. The van der Waals surface area contributed by atoms with E-state index in [4.69, 9.17) is 5.26 Å². The third kappa shape index (κ3) is 3.53. The van der Waals surface area contributed by atoms with Crippen LogP contribution in [0.1, 0.15) is 17.3 Å². The number of nitriles is 1. The number of nitrogens with one attached hydrogen (secondary N) is 1. The maximum Gasteiger partial charge on any atom is 0.140 e. The molecule has 1 aromatic carbocycles. The van der Waals surface area contributed by atoms with Gasteiger partial charge in [0.15, 0.2) is 0 Å². The Morgan fingerprint density at radius 1 is 1.37 bits per heavy atom. The lowest BCUT2D eigenvalue weighted by Crippen LogP contribution is -2.15. The Bertz CT molecular complexity index is 592. The van der Waals surface area contributed by atoms with Crippen LogP contribution in [0.2, 0.25) is 0 Å². The van der Waals surface area contributed by atoms with Gasteiger partial charge in [0, 0.05) is 4.47 Å². The van der Waals surface area contributed by atoms with Gasteiger partial charge < -0.3 is 10.4 Å². The minimum absolute atomic E-state index is 0.0313. The van der Waals surface area contributed by atoms with Crippen LogP contribution in [0.15, 0.2) is 47.1 Å². The summed E-state index contributed by atoms with van der Waals surface area (Å²) < 4.78 is 0.961. The monoisotopic (exact) mass is 317 g/mol. The fourth-order valence-electron chi connectivity index (χ4n) is 1.70. The van der Waals surface area contributed by atoms with E-state index in [0.717, 1.165) is 15.7 Å². The largest absolute Gasteiger partial charge is 0.394 e. The van der Waals surface area contributed by atoms with Crippen LogP contribution in [-0.4, -0.2) is 16.7 Å². The van der Waals surface area contributed by atoms with E-state index < -0.39 is 0 Å². The zero-order valence-electron chi connectivity index (χ0n) is 10.0. The molecule has 0 fully saturated rings. The standard InChI is InChI=1S/C14H12BrN3O/c15-11-3-1-2-10(6-11)14(9-19)18-13-5-4-12(7-16)17-8-13/h1-6,8,14,18-19H,9H2/t14-/m1/s1. The highest BCUT2D eigenvalue weighted by Gasteiger charge is 2.10. The second kappa shape index (κ2) is 6.32. The lowest BCUT2D eigenvalue weighted by Gasteiger charge is -2.18. The Balaban J connectivity index is 2.17. The molecule has 2 rings (SSSR count). The maximum absolute atomic E-state index is 9.48. The van der Waals surface area contributed by atoms with Crippen LogP contribution in [0.3, 0.4) is 0 Å². The van der Waals surface area contributed by atoms with Crippen LogP contribution >= 0.6 is 15.9 Å². The molecule has 1 aromatic heterocycles. The van der Waals surface area contributed by atoms with E-state index in [-0.39, 0.29) is 12.6 Å². The molecular formula is C14H12BrN3O. The smallest absolute Gasteiger partial charge is 0.140 e. The molecule has 0 unspecified atom stereocenters. The Hall–Kier alpha value is -1.90. The predicted octanol–water partition coefficient (Wildman–Crippen LogP) is 2.86. The average molecular weight is 318 g/mol. The number of nitrogens with zero attached hydrogens (tertiary/aromatic N) is 2. The van der Waals surface area contributed by atoms with Gasteiger partial charge in [0.2, 0.25) is 0 Å². The van der Waals surface area contributed by atoms with Crippen molar-refractivity contribution in [1.29, 1.82) is 5.26 Å². The molecule has 0 saturated heterocycles. The summed E-state index contributed by atoms with van der Waals surface area (Å²) in [7, 11) is 0. The number of rotatable bonds is 4. The fourth-order valence-corrected chi connectivity index (χ4v) is 2.12. The van der Waals surface area contributed by atoms with Gasteiger partial charge in [-0.15, -0.1) is 0 Å². The van der Waals surface area contributed by atoms with Crippen LogP contribution in [0.5, 0.6) is 0 Å². The van der Waals surface area contributed by atoms with Gasteiger partial charge in [-0.05, 0) is 29.8 Å². The van der Waals surface area contributed by atoms with Crippen molar-refractivity contribution in [2.24, 2.45) is 0 Å². The quantitative estimate of drug-likeness (QED) is 0.909. The first-order valence-corrected chi connectivity index (χ1v) is 6.51. The number of hydrogen-bond acceptors (Lipinski definition) is 4. The van der Waals surface area contributed by atoms with Gasteiger partial charge in [0.25, 0.3) is 0 Å². The number of hydrogen-bond donors (Lipinski definition) is 2. The minimum atomic E-state index is -0.216. The fraction of sp³-hybridized carbons (Fsp3) is 0.143. The molecule has 0 radical (unpaired) electrons. The van der Waals surface area contributed by atoms with Crippen molar-refractivity contribution in [3.63, 3.8) is 0 Å². The second-order valence-electron chi connectivity index (χ2n) is 3.98. The summed E-state index contributed by atoms with van der Waals surface area (Å²) in [4.78, 5) is 3.98. The number of aromatic nitrogens is 1. The number of halogens is 1. The SMILES string of the molecule is N#Cc1ccc(N[C@H](CO)c2cccc(Br)c2)cn1. The van der Waals surface area contributed by atoms with Crippen LogP contribution < -0.4 is 5.32 Å². The summed E-state index contributed by atoms with van der Waals surface area (Å²) in [6.07, 6.45) is 1.58. The van der Waals surface area contributed by atoms with E-state index >= 15 is 0 Å². The van der Waals surface area contributed by atoms with Gasteiger partial charge in [-0.2, -0.15) is 5.26 Å². The Morgan fingerprint density at radius 2 is 2.21 bits per heavy atom. The first-order valence-electron chi connectivity index (χ1n) is 5.72. The summed E-state index contributed by atoms with van der Waals surface area (Å²) in [6, 6.07) is 12.9. The highest BCUT2D eigenvalue weighted by Crippen LogP contribution is 2.21. The van der Waals surface area contributed by atoms with E-state index in [1.807, 2.05) is 30.3 Å². The Morgan fingerprint density at radius 3 is 2.79 bits per heavy atom. The first-order chi connectivity index (χ1) is 9.22. The van der Waals surface area contributed by atoms with E-state index in [9.17, 15) is 5.11 Å². The first kappa shape index (κ1) is 13.5. The van der Waals surface area contributed by atoms with Gasteiger partial charge in [-0.25, -0.2) is 4.98 Å². The topological polar surface area (TPSA) is 68.9 Å². The van der Waals surface area contributed by atoms with Crippen molar-refractivity contribution >= 4 is 21.6 Å². The highest BCUT2D eigenvalue weighted by molar-refractivity contribution is 9.10. The summed E-state index contributed by atoms with van der Waals surface area (Å²) in [5.41, 5.74) is 2.10. The van der Waals surface area contributed by atoms with E-state index in [1.165, 1.54) is 0 Å². The van der Waals surface area contributed by atoms with Crippen LogP contribution in [-0.2, 0) is 0 Å². The van der Waals surface area contributed by atoms with Crippen molar-refractivity contribution in [3.05, 3.63) is 58.3 Å². The Labute approximate surface area is 119 Å². The molecule has 1 atom stereocenters. The number of aliphatic hydroxyl groups excluding tert-OH is 1. The molecule has 0 aliphatic carbocycles. The third-order valence-electron chi connectivity index (χ3n) is 2.65. The number of aliphatic hydroxyl groups is 1. The van der Waals surface area contributed by atoms with Crippen LogP contribution in [0, 0.1) is 11.3 Å². The van der Waals surface area contributed by atoms with Gasteiger partial charge in [-0.1, -0.05) is 28.1 Å². The number of benzene rings is 1. The van der Waals surface area contributed by atoms with Crippen molar-refractivity contribution < 1.29 is 5.11 Å². The molecule has 0 aliphatic rings. The molecule has 0 saturated carbocycles. The summed E-state index contributed by atoms with van der Waals surface area (Å²) >= 11 is 3.41. The molecule has 2 aromatic rings. The van der Waals surface area contributed by atoms with Gasteiger partial charge in [-0.3, -0.25) is 0 Å². The number of pyridine rings is 1. The van der Waals surface area contributed by atoms with Crippen molar-refractivity contribution in [2.45, 2.75) is 6.04 Å². The zero-order chi connectivity index (χ0) is 13.7. The van der Waals surface area contributed by atoms with Crippen LogP contribution in [0.25, 0.3) is 0 Å². The van der Waals surface area contributed by atoms with Gasteiger partial charge in [0.05, 0.1) is 24.5 Å². The summed E-state index contributed by atoms with van der Waals surface area (Å²) in [6.45, 7) is -0.0313. The number of anilines is 1. The summed E-state index contributed by atoms with van der Waals surface area (Å²) in [5.74, 6) is 0. The molecule has 19 heavy (non-hydrogen) atoms. The van der Waals surface area contributed by atoms with Crippen molar-refractivity contribution in [1.82, 2.24) is 4.98 Å². The van der Waals surface area contributed by atoms with Crippen LogP contribution in [0.4, 0.5) is 5.69 Å². The average Bonchev–Trinajstić information content (AvgIpc) is 2.45. The Kier molecular flexibility index (Phi) is 4.50. The van der Waals surface area contributed by atoms with E-state index in [1.54, 1.807) is 18.3 Å². The molecule has 0 spiro atoms. The lowest BCUT2D eigenvalue weighted by molar-refractivity contribution is 0.276. The van der Waals surface area contributed by atoms with Crippen molar-refractivity contribution in [2.75, 3.05) is 11.9 Å². The third-order valence-corrected chi connectivity index (χ3v) is 3.15. The molecule has 0 amide bonds. The lowest BCUT2D eigenvalue weighted by atomic mass is 10.1. The van der Waals surface area contributed by atoms with E-state index in [2.05, 4.69) is 26.2 Å². The second-order valence-corrected chi connectivity index (χ2v) is 4.89. The highest BCUT2D eigenvalue weighted by atomic mass is 79.9. The van der Waals surface area contributed by atoms with E-state index in [0.29, 0.717) is 5.69 Å². The molecule has 96 valence electrons. The molecule has 0 bridgehead atoms. The predicted molar refractivity (Wildman–Crippen MR) is 76.5 cm³/mol. The zero-order valence-corrected chi connectivity index (χ0v) is 11.6. The summed E-state index contributed by atoms with van der Waals surface area (Å²) in [5, 5.41) is 21.3. The van der Waals surface area contributed by atoms with Gasteiger partial charge in [0.1, 0.15) is 11.8 Å². The minimum Gasteiger partial charge on any atom is -0.394 e. The normalized spacial score (nSPS) is 11.6. The molecule has 5 heteroatoms. The van der Waals surface area contributed by atoms with Gasteiger partial charge >= 0.3 is 0 Å². The molecular weight excluding hydrogens is 306 g/mol. The molecule has 0 aliphatic heterocycles. The maximum atomic E-state index is 9.48.